The summed E-state index contributed by atoms with van der Waals surface area (Å²) in [6, 6.07) is 14.0. The largest absolute Gasteiger partial charge is 0.454 e. The lowest BCUT2D eigenvalue weighted by Crippen LogP contribution is -2.12. The normalized spacial score (nSPS) is 11.5. The molecule has 0 atom stereocenters. The Morgan fingerprint density at radius 3 is 2.64 bits per heavy atom. The van der Waals surface area contributed by atoms with Gasteiger partial charge in [0, 0.05) is 5.39 Å². The summed E-state index contributed by atoms with van der Waals surface area (Å²) in [4.78, 5) is 21.2. The van der Waals surface area contributed by atoms with Gasteiger partial charge >= 0.3 is 12.5 Å². The van der Waals surface area contributed by atoms with E-state index in [1.54, 1.807) is 37.3 Å². The van der Waals surface area contributed by atoms with E-state index in [2.05, 4.69) is 9.97 Å². The van der Waals surface area contributed by atoms with Crippen molar-refractivity contribution in [3.8, 4) is 0 Å². The molecule has 0 unspecified atom stereocenters. The van der Waals surface area contributed by atoms with Crippen molar-refractivity contribution in [2.24, 2.45) is 0 Å². The predicted molar refractivity (Wildman–Crippen MR) is 101 cm³/mol. The summed E-state index contributed by atoms with van der Waals surface area (Å²) in [5, 5.41) is 0.817. The number of pyridine rings is 1. The number of nitrogens with zero attached hydrogens (tertiary/aromatic N) is 3. The van der Waals surface area contributed by atoms with E-state index < -0.39 is 12.5 Å². The fourth-order valence-electron chi connectivity index (χ4n) is 3.22. The third-order valence-corrected chi connectivity index (χ3v) is 4.58. The molecule has 0 aliphatic heterocycles. The van der Waals surface area contributed by atoms with Crippen LogP contribution in [0.15, 0.2) is 48.5 Å². The molecule has 28 heavy (non-hydrogen) atoms. The number of aryl methyl sites for hydroxylation is 2. The number of hydrogen-bond donors (Lipinski definition) is 0. The van der Waals surface area contributed by atoms with Crippen molar-refractivity contribution in [3.63, 3.8) is 0 Å². The first kappa shape index (κ1) is 18.0. The summed E-state index contributed by atoms with van der Waals surface area (Å²) in [7, 11) is 0. The zero-order chi connectivity index (χ0) is 19.8. The molecule has 5 nitrogen and oxygen atoms in total. The minimum Gasteiger partial charge on any atom is -0.454 e. The molecule has 2 aromatic heterocycles. The van der Waals surface area contributed by atoms with Crippen LogP contribution in [-0.2, 0) is 11.3 Å². The van der Waals surface area contributed by atoms with Gasteiger partial charge in [0.05, 0.1) is 27.8 Å². The van der Waals surface area contributed by atoms with Gasteiger partial charge in [0.1, 0.15) is 6.61 Å². The number of fused-ring (bicyclic) bond motifs is 2. The van der Waals surface area contributed by atoms with Crippen LogP contribution < -0.4 is 0 Å². The van der Waals surface area contributed by atoms with E-state index in [1.165, 1.54) is 0 Å². The number of aromatic nitrogens is 3. The Morgan fingerprint density at radius 2 is 1.86 bits per heavy atom. The predicted octanol–water partition coefficient (Wildman–Crippen LogP) is 4.95. The van der Waals surface area contributed by atoms with Crippen molar-refractivity contribution in [3.05, 3.63) is 71.2 Å². The van der Waals surface area contributed by atoms with E-state index in [4.69, 9.17) is 4.74 Å². The molecule has 2 aromatic carbocycles. The van der Waals surface area contributed by atoms with Crippen LogP contribution in [-0.4, -0.2) is 20.5 Å². The number of carbonyl (C=O) groups is 1. The van der Waals surface area contributed by atoms with Gasteiger partial charge in [-0.15, -0.1) is 0 Å². The van der Waals surface area contributed by atoms with Gasteiger partial charge < -0.3 is 4.74 Å². The average molecular weight is 381 g/mol. The number of esters is 1. The summed E-state index contributed by atoms with van der Waals surface area (Å²) in [6.45, 7) is 0.521. The average Bonchev–Trinajstić information content (AvgIpc) is 3.04. The number of halogens is 2. The van der Waals surface area contributed by atoms with E-state index in [-0.39, 0.29) is 12.4 Å². The molecule has 0 amide bonds. The first-order chi connectivity index (χ1) is 13.4. The maximum Gasteiger partial charge on any atom is 0.340 e. The number of rotatable bonds is 4. The van der Waals surface area contributed by atoms with Gasteiger partial charge in [-0.2, -0.15) is 8.78 Å². The lowest BCUT2D eigenvalue weighted by molar-refractivity contribution is 0.0386. The highest BCUT2D eigenvalue weighted by molar-refractivity contribution is 5.95. The smallest absolute Gasteiger partial charge is 0.340 e. The third-order valence-electron chi connectivity index (χ3n) is 4.58. The monoisotopic (exact) mass is 381 g/mol. The number of alkyl halides is 2. The van der Waals surface area contributed by atoms with E-state index >= 15 is 0 Å². The standard InChI is InChI=1S/C21H17F2N3O2/c1-12-7-8-16-14(9-12)10-15(13(2)24-16)20(27)28-11-19-25-17-5-3-4-6-18(17)26(19)21(22)23/h3-10,21H,11H2,1-2H3. The second kappa shape index (κ2) is 6.99. The lowest BCUT2D eigenvalue weighted by atomic mass is 10.1. The van der Waals surface area contributed by atoms with Crippen LogP contribution >= 0.6 is 0 Å². The zero-order valence-corrected chi connectivity index (χ0v) is 15.3. The van der Waals surface area contributed by atoms with Gasteiger partial charge in [0.15, 0.2) is 5.82 Å². The summed E-state index contributed by atoms with van der Waals surface area (Å²) in [5.41, 5.74) is 3.36. The molecule has 7 heteroatoms. The Morgan fingerprint density at radius 1 is 1.07 bits per heavy atom. The Hall–Kier alpha value is -3.35. The van der Waals surface area contributed by atoms with Crippen molar-refractivity contribution < 1.29 is 18.3 Å². The molecule has 0 bridgehead atoms. The Kier molecular flexibility index (Phi) is 4.50. The first-order valence-corrected chi connectivity index (χ1v) is 8.73. The molecule has 2 heterocycles. The molecule has 4 aromatic rings. The molecule has 0 N–H and O–H groups in total. The minimum absolute atomic E-state index is 0.00760. The van der Waals surface area contributed by atoms with Crippen molar-refractivity contribution in [1.82, 2.24) is 14.5 Å². The van der Waals surface area contributed by atoms with Gasteiger partial charge in [-0.3, -0.25) is 9.55 Å². The molecule has 0 saturated carbocycles. The first-order valence-electron chi connectivity index (χ1n) is 8.73. The summed E-state index contributed by atoms with van der Waals surface area (Å²) >= 11 is 0. The van der Waals surface area contributed by atoms with E-state index in [9.17, 15) is 13.6 Å². The molecule has 142 valence electrons. The number of benzene rings is 2. The van der Waals surface area contributed by atoms with Crippen LogP contribution in [0.2, 0.25) is 0 Å². The van der Waals surface area contributed by atoms with Gasteiger partial charge in [0.25, 0.3) is 0 Å². The van der Waals surface area contributed by atoms with Crippen LogP contribution in [0.1, 0.15) is 34.0 Å². The Bertz CT molecular complexity index is 1200. The van der Waals surface area contributed by atoms with Crippen molar-refractivity contribution in [2.75, 3.05) is 0 Å². The van der Waals surface area contributed by atoms with E-state index in [1.807, 2.05) is 25.1 Å². The second-order valence-electron chi connectivity index (χ2n) is 6.56. The maximum atomic E-state index is 13.5. The fourth-order valence-corrected chi connectivity index (χ4v) is 3.22. The Balaban J connectivity index is 1.63. The van der Waals surface area contributed by atoms with E-state index in [0.717, 1.165) is 21.0 Å². The molecule has 4 rings (SSSR count). The fraction of sp³-hybridized carbons (Fsp3) is 0.190. The maximum absolute atomic E-state index is 13.5. The van der Waals surface area contributed by atoms with Crippen molar-refractivity contribution in [1.29, 1.82) is 0 Å². The summed E-state index contributed by atoms with van der Waals surface area (Å²) in [6.07, 6.45) is 0. The highest BCUT2D eigenvalue weighted by atomic mass is 19.3. The third kappa shape index (κ3) is 3.19. The number of carbonyl (C=O) groups excluding carboxylic acids is 1. The van der Waals surface area contributed by atoms with Crippen LogP contribution in [0.3, 0.4) is 0 Å². The van der Waals surface area contributed by atoms with Crippen LogP contribution in [0, 0.1) is 13.8 Å². The van der Waals surface area contributed by atoms with Gasteiger partial charge in [-0.1, -0.05) is 23.8 Å². The minimum atomic E-state index is -2.78. The highest BCUT2D eigenvalue weighted by Crippen LogP contribution is 2.24. The Labute approximate surface area is 159 Å². The summed E-state index contributed by atoms with van der Waals surface area (Å²) < 4.78 is 33.0. The van der Waals surface area contributed by atoms with Gasteiger partial charge in [0.2, 0.25) is 0 Å². The van der Waals surface area contributed by atoms with Crippen molar-refractivity contribution >= 4 is 27.9 Å². The zero-order valence-electron chi connectivity index (χ0n) is 15.3. The SMILES string of the molecule is Cc1ccc2nc(C)c(C(=O)OCc3nc4ccccc4n3C(F)F)cc2c1. The topological polar surface area (TPSA) is 57.0 Å². The number of ether oxygens (including phenoxy) is 1. The molecule has 0 saturated heterocycles. The lowest BCUT2D eigenvalue weighted by Gasteiger charge is -2.10. The summed E-state index contributed by atoms with van der Waals surface area (Å²) in [5.74, 6) is -0.631. The molecule has 0 aliphatic rings. The van der Waals surface area contributed by atoms with E-state index in [0.29, 0.717) is 22.3 Å². The molecule has 0 aliphatic carbocycles. The molecule has 0 fully saturated rings. The van der Waals surface area contributed by atoms with Crippen LogP contribution in [0.4, 0.5) is 8.78 Å². The molecule has 0 spiro atoms. The number of imidazole rings is 1. The van der Waals surface area contributed by atoms with Crippen LogP contribution in [0.25, 0.3) is 21.9 Å². The molecule has 0 radical (unpaired) electrons. The quantitative estimate of drug-likeness (QED) is 0.469. The van der Waals surface area contributed by atoms with Crippen LogP contribution in [0.5, 0.6) is 0 Å². The van der Waals surface area contributed by atoms with Crippen molar-refractivity contribution in [2.45, 2.75) is 27.0 Å². The molecular formula is C21H17F2N3O2. The highest BCUT2D eigenvalue weighted by Gasteiger charge is 2.20. The van der Waals surface area contributed by atoms with Gasteiger partial charge in [-0.25, -0.2) is 9.78 Å². The second-order valence-corrected chi connectivity index (χ2v) is 6.56. The number of para-hydroxylation sites is 2. The van der Waals surface area contributed by atoms with Gasteiger partial charge in [-0.05, 0) is 44.2 Å². The number of hydrogen-bond acceptors (Lipinski definition) is 4. The molecular weight excluding hydrogens is 364 g/mol.